The first-order chi connectivity index (χ1) is 10.6. The standard InChI is InChI=1S/C17H19N3O2/c1-11-7-12(2)20(18-11)14-9-19(10-14)17(21)16-8-13-5-3-4-6-15(13)22-16/h3-7,14,16H,8-10H2,1-2H3. The fourth-order valence-corrected chi connectivity index (χ4v) is 3.33. The molecule has 22 heavy (non-hydrogen) atoms. The predicted octanol–water partition coefficient (Wildman–Crippen LogP) is 1.89. The van der Waals surface area contributed by atoms with Crippen LogP contribution in [0.5, 0.6) is 5.75 Å². The fourth-order valence-electron chi connectivity index (χ4n) is 3.33. The summed E-state index contributed by atoms with van der Waals surface area (Å²) in [6.45, 7) is 5.49. The Hall–Kier alpha value is -2.30. The quantitative estimate of drug-likeness (QED) is 0.850. The molecule has 2 aliphatic rings. The summed E-state index contributed by atoms with van der Waals surface area (Å²) in [5.74, 6) is 0.936. The van der Waals surface area contributed by atoms with E-state index in [0.29, 0.717) is 12.5 Å². The molecule has 0 aliphatic carbocycles. The van der Waals surface area contributed by atoms with Gasteiger partial charge in [-0.25, -0.2) is 0 Å². The van der Waals surface area contributed by atoms with Crippen LogP contribution in [0.4, 0.5) is 0 Å². The van der Waals surface area contributed by atoms with Crippen molar-refractivity contribution in [3.05, 3.63) is 47.3 Å². The zero-order valence-corrected chi connectivity index (χ0v) is 12.8. The van der Waals surface area contributed by atoms with E-state index < -0.39 is 0 Å². The van der Waals surface area contributed by atoms with Gasteiger partial charge in [-0.2, -0.15) is 5.10 Å². The van der Waals surface area contributed by atoms with Gasteiger partial charge >= 0.3 is 0 Å². The van der Waals surface area contributed by atoms with Gasteiger partial charge in [0.2, 0.25) is 0 Å². The molecule has 1 atom stereocenters. The molecule has 0 bridgehead atoms. The Morgan fingerprint density at radius 1 is 1.27 bits per heavy atom. The van der Waals surface area contributed by atoms with Gasteiger partial charge in [0.05, 0.1) is 11.7 Å². The third-order valence-electron chi connectivity index (χ3n) is 4.49. The number of nitrogens with zero attached hydrogens (tertiary/aromatic N) is 3. The first kappa shape index (κ1) is 13.4. The lowest BCUT2D eigenvalue weighted by Crippen LogP contribution is -2.55. The lowest BCUT2D eigenvalue weighted by atomic mass is 10.1. The van der Waals surface area contributed by atoms with Crippen LogP contribution >= 0.6 is 0 Å². The summed E-state index contributed by atoms with van der Waals surface area (Å²) in [7, 11) is 0. The highest BCUT2D eigenvalue weighted by Crippen LogP contribution is 2.31. The maximum Gasteiger partial charge on any atom is 0.264 e. The monoisotopic (exact) mass is 297 g/mol. The number of aromatic nitrogens is 2. The van der Waals surface area contributed by atoms with E-state index in [1.54, 1.807) is 0 Å². The predicted molar refractivity (Wildman–Crippen MR) is 81.9 cm³/mol. The van der Waals surface area contributed by atoms with Gasteiger partial charge in [0.15, 0.2) is 6.10 Å². The highest BCUT2D eigenvalue weighted by molar-refractivity contribution is 5.83. The van der Waals surface area contributed by atoms with Crippen LogP contribution in [0.1, 0.15) is 23.0 Å². The van der Waals surface area contributed by atoms with Gasteiger partial charge in [-0.05, 0) is 31.5 Å². The van der Waals surface area contributed by atoms with Crippen LogP contribution in [-0.4, -0.2) is 39.8 Å². The minimum Gasteiger partial charge on any atom is -0.480 e. The zero-order chi connectivity index (χ0) is 15.3. The van der Waals surface area contributed by atoms with Crippen molar-refractivity contribution in [2.45, 2.75) is 32.4 Å². The molecule has 3 heterocycles. The van der Waals surface area contributed by atoms with Crippen molar-refractivity contribution in [3.63, 3.8) is 0 Å². The maximum atomic E-state index is 12.5. The number of amides is 1. The van der Waals surface area contributed by atoms with E-state index in [1.807, 2.05) is 40.8 Å². The average molecular weight is 297 g/mol. The molecule has 0 saturated carbocycles. The minimum atomic E-state index is -0.362. The van der Waals surface area contributed by atoms with Crippen molar-refractivity contribution < 1.29 is 9.53 Å². The van der Waals surface area contributed by atoms with Gasteiger partial charge in [-0.15, -0.1) is 0 Å². The summed E-state index contributed by atoms with van der Waals surface area (Å²) in [5.41, 5.74) is 3.30. The molecule has 1 amide bonds. The third kappa shape index (κ3) is 2.08. The number of fused-ring (bicyclic) bond motifs is 1. The number of para-hydroxylation sites is 1. The van der Waals surface area contributed by atoms with Crippen molar-refractivity contribution in [2.75, 3.05) is 13.1 Å². The van der Waals surface area contributed by atoms with Crippen molar-refractivity contribution in [3.8, 4) is 5.75 Å². The Balaban J connectivity index is 1.40. The highest BCUT2D eigenvalue weighted by atomic mass is 16.5. The van der Waals surface area contributed by atoms with Crippen LogP contribution in [0, 0.1) is 13.8 Å². The number of aryl methyl sites for hydroxylation is 2. The molecule has 1 fully saturated rings. The van der Waals surface area contributed by atoms with Gasteiger partial charge in [0.25, 0.3) is 5.91 Å². The van der Waals surface area contributed by atoms with Crippen molar-refractivity contribution in [1.82, 2.24) is 14.7 Å². The molecular weight excluding hydrogens is 278 g/mol. The molecular formula is C17H19N3O2. The fraction of sp³-hybridized carbons (Fsp3) is 0.412. The number of carbonyl (C=O) groups excluding carboxylic acids is 1. The number of carbonyl (C=O) groups is 1. The van der Waals surface area contributed by atoms with Gasteiger partial charge in [0, 0.05) is 25.2 Å². The molecule has 114 valence electrons. The number of rotatable bonds is 2. The molecule has 4 rings (SSSR count). The smallest absolute Gasteiger partial charge is 0.264 e. The van der Waals surface area contributed by atoms with Gasteiger partial charge < -0.3 is 9.64 Å². The highest BCUT2D eigenvalue weighted by Gasteiger charge is 2.39. The number of hydrogen-bond acceptors (Lipinski definition) is 3. The lowest BCUT2D eigenvalue weighted by molar-refractivity contribution is -0.144. The third-order valence-corrected chi connectivity index (χ3v) is 4.49. The van der Waals surface area contributed by atoms with Crippen LogP contribution in [0.15, 0.2) is 30.3 Å². The van der Waals surface area contributed by atoms with Crippen molar-refractivity contribution in [2.24, 2.45) is 0 Å². The topological polar surface area (TPSA) is 47.4 Å². The Kier molecular flexibility index (Phi) is 2.96. The normalized spacial score (nSPS) is 20.5. The summed E-state index contributed by atoms with van der Waals surface area (Å²) in [5, 5.41) is 4.50. The number of hydrogen-bond donors (Lipinski definition) is 0. The van der Waals surface area contributed by atoms with Crippen LogP contribution in [-0.2, 0) is 11.2 Å². The largest absolute Gasteiger partial charge is 0.480 e. The second kappa shape index (κ2) is 4.87. The summed E-state index contributed by atoms with van der Waals surface area (Å²) in [6, 6.07) is 10.2. The van der Waals surface area contributed by atoms with Crippen LogP contribution in [0.3, 0.4) is 0 Å². The number of ether oxygens (including phenoxy) is 1. The Morgan fingerprint density at radius 2 is 2.05 bits per heavy atom. The first-order valence-electron chi connectivity index (χ1n) is 7.68. The van der Waals surface area contributed by atoms with E-state index in [-0.39, 0.29) is 12.0 Å². The van der Waals surface area contributed by atoms with E-state index in [2.05, 4.69) is 18.1 Å². The van der Waals surface area contributed by atoms with Gasteiger partial charge in [0.1, 0.15) is 5.75 Å². The Bertz CT molecular complexity index is 706. The lowest BCUT2D eigenvalue weighted by Gasteiger charge is -2.40. The molecule has 1 unspecified atom stereocenters. The van der Waals surface area contributed by atoms with Gasteiger partial charge in [-0.3, -0.25) is 9.48 Å². The molecule has 0 N–H and O–H groups in total. The summed E-state index contributed by atoms with van der Waals surface area (Å²) in [4.78, 5) is 14.4. The summed E-state index contributed by atoms with van der Waals surface area (Å²) in [6.07, 6.45) is 0.314. The van der Waals surface area contributed by atoms with E-state index in [0.717, 1.165) is 35.8 Å². The first-order valence-corrected chi connectivity index (χ1v) is 7.68. The minimum absolute atomic E-state index is 0.0916. The molecule has 2 aliphatic heterocycles. The van der Waals surface area contributed by atoms with E-state index in [9.17, 15) is 4.79 Å². The van der Waals surface area contributed by atoms with Crippen molar-refractivity contribution >= 4 is 5.91 Å². The zero-order valence-electron chi connectivity index (χ0n) is 12.8. The molecule has 2 aromatic rings. The molecule has 5 nitrogen and oxygen atoms in total. The van der Waals surface area contributed by atoms with Crippen LogP contribution in [0.25, 0.3) is 0 Å². The Morgan fingerprint density at radius 3 is 2.73 bits per heavy atom. The molecule has 1 aromatic carbocycles. The number of likely N-dealkylation sites (tertiary alicyclic amines) is 1. The molecule has 1 aromatic heterocycles. The van der Waals surface area contributed by atoms with Crippen molar-refractivity contribution in [1.29, 1.82) is 0 Å². The molecule has 1 saturated heterocycles. The summed E-state index contributed by atoms with van der Waals surface area (Å²) >= 11 is 0. The van der Waals surface area contributed by atoms with E-state index in [1.165, 1.54) is 0 Å². The average Bonchev–Trinajstić information content (AvgIpc) is 3.00. The summed E-state index contributed by atoms with van der Waals surface area (Å²) < 4.78 is 7.81. The second-order valence-corrected chi connectivity index (χ2v) is 6.19. The SMILES string of the molecule is Cc1cc(C)n(C2CN(C(=O)C3Cc4ccccc4O3)C2)n1. The number of benzene rings is 1. The maximum absolute atomic E-state index is 12.5. The van der Waals surface area contributed by atoms with E-state index >= 15 is 0 Å². The van der Waals surface area contributed by atoms with Crippen LogP contribution in [0.2, 0.25) is 0 Å². The molecule has 0 spiro atoms. The second-order valence-electron chi connectivity index (χ2n) is 6.19. The van der Waals surface area contributed by atoms with Gasteiger partial charge in [-0.1, -0.05) is 18.2 Å². The Labute approximate surface area is 129 Å². The molecule has 0 radical (unpaired) electrons. The van der Waals surface area contributed by atoms with Crippen LogP contribution < -0.4 is 4.74 Å². The van der Waals surface area contributed by atoms with E-state index in [4.69, 9.17) is 4.74 Å². The molecule has 5 heteroatoms.